The predicted molar refractivity (Wildman–Crippen MR) is 247 cm³/mol. The maximum Gasteiger partial charge on any atom is 0.159 e. The van der Waals surface area contributed by atoms with Crippen LogP contribution in [0.4, 0.5) is 17.1 Å². The third-order valence-corrected chi connectivity index (χ3v) is 11.8. The molecular formula is C56H35NO2. The molecule has 0 saturated carbocycles. The van der Waals surface area contributed by atoms with Gasteiger partial charge in [-0.25, -0.2) is 0 Å². The van der Waals surface area contributed by atoms with Crippen molar-refractivity contribution in [3.63, 3.8) is 0 Å². The van der Waals surface area contributed by atoms with E-state index in [2.05, 4.69) is 217 Å². The van der Waals surface area contributed by atoms with Gasteiger partial charge in [0.05, 0.1) is 11.4 Å². The maximum atomic E-state index is 7.23. The van der Waals surface area contributed by atoms with Crippen LogP contribution in [0, 0.1) is 0 Å². The van der Waals surface area contributed by atoms with E-state index < -0.39 is 0 Å². The highest BCUT2D eigenvalue weighted by Crippen LogP contribution is 2.50. The molecule has 2 heterocycles. The highest BCUT2D eigenvalue weighted by Gasteiger charge is 2.26. The number of fused-ring (bicyclic) bond motifs is 10. The normalized spacial score (nSPS) is 11.7. The van der Waals surface area contributed by atoms with Gasteiger partial charge in [0.1, 0.15) is 11.2 Å². The number of hydrogen-bond acceptors (Lipinski definition) is 3. The summed E-state index contributed by atoms with van der Waals surface area (Å²) in [4.78, 5) is 2.32. The van der Waals surface area contributed by atoms with Gasteiger partial charge in [-0.3, -0.25) is 0 Å². The van der Waals surface area contributed by atoms with E-state index >= 15 is 0 Å². The number of benzene rings is 10. The molecule has 12 aromatic rings. The molecule has 0 aliphatic rings. The second kappa shape index (κ2) is 13.4. The van der Waals surface area contributed by atoms with Gasteiger partial charge in [0.2, 0.25) is 0 Å². The Kier molecular flexibility index (Phi) is 7.54. The zero-order chi connectivity index (χ0) is 38.9. The lowest BCUT2D eigenvalue weighted by Crippen LogP contribution is -2.10. The highest BCUT2D eigenvalue weighted by atomic mass is 16.3. The van der Waals surface area contributed by atoms with Gasteiger partial charge in [0.15, 0.2) is 11.2 Å². The van der Waals surface area contributed by atoms with Crippen LogP contribution in [0.25, 0.3) is 98.8 Å². The average molecular weight is 754 g/mol. The molecule has 0 aliphatic heterocycles. The predicted octanol–water partition coefficient (Wildman–Crippen LogP) is 16.3. The van der Waals surface area contributed by atoms with Gasteiger partial charge in [-0.05, 0) is 80.2 Å². The van der Waals surface area contributed by atoms with Crippen LogP contribution in [0.5, 0.6) is 0 Å². The van der Waals surface area contributed by atoms with Gasteiger partial charge in [-0.2, -0.15) is 0 Å². The molecule has 0 amide bonds. The van der Waals surface area contributed by atoms with Crippen LogP contribution >= 0.6 is 0 Å². The molecular weight excluding hydrogens is 719 g/mol. The smallest absolute Gasteiger partial charge is 0.159 e. The second-order valence-corrected chi connectivity index (χ2v) is 15.2. The van der Waals surface area contributed by atoms with Crippen LogP contribution in [0.2, 0.25) is 0 Å². The third kappa shape index (κ3) is 5.29. The van der Waals surface area contributed by atoms with Gasteiger partial charge in [-0.15, -0.1) is 0 Å². The molecule has 0 unspecified atom stereocenters. The Labute approximate surface area is 340 Å². The van der Waals surface area contributed by atoms with E-state index in [0.29, 0.717) is 0 Å². The van der Waals surface area contributed by atoms with Gasteiger partial charge in [0, 0.05) is 38.4 Å². The van der Waals surface area contributed by atoms with Crippen molar-refractivity contribution in [3.8, 4) is 33.4 Å². The van der Waals surface area contributed by atoms with E-state index in [1.165, 1.54) is 16.3 Å². The minimum atomic E-state index is 0.812. The Balaban J connectivity index is 1.17. The van der Waals surface area contributed by atoms with Crippen LogP contribution in [0.1, 0.15) is 0 Å². The lowest BCUT2D eigenvalue weighted by atomic mass is 9.96. The first kappa shape index (κ1) is 33.3. The average Bonchev–Trinajstić information content (AvgIpc) is 3.91. The van der Waals surface area contributed by atoms with E-state index in [-0.39, 0.29) is 0 Å². The SMILES string of the molecule is c1ccc(-c2ccc(N(c3cccc4c3oc3c(-c5ccccc5)cc5ccccc5c34)c3cccc4c3oc3c(-c5ccccc5)cc5ccccc5c34)cc2)cc1. The van der Waals surface area contributed by atoms with Crippen molar-refractivity contribution in [2.45, 2.75) is 0 Å². The van der Waals surface area contributed by atoms with Crippen molar-refractivity contribution in [1.82, 2.24) is 0 Å². The van der Waals surface area contributed by atoms with E-state index in [1.807, 2.05) is 0 Å². The van der Waals surface area contributed by atoms with E-state index in [0.717, 1.165) is 99.5 Å². The molecule has 0 aliphatic carbocycles. The zero-order valence-corrected chi connectivity index (χ0v) is 32.0. The Morgan fingerprint density at radius 2 is 0.678 bits per heavy atom. The molecule has 0 spiro atoms. The minimum absolute atomic E-state index is 0.812. The number of para-hydroxylation sites is 2. The lowest BCUT2D eigenvalue weighted by Gasteiger charge is -2.25. The molecule has 3 heteroatoms. The molecule has 0 radical (unpaired) electrons. The Bertz CT molecular complexity index is 3330. The van der Waals surface area contributed by atoms with Crippen molar-refractivity contribution in [2.24, 2.45) is 0 Å². The first-order valence-corrected chi connectivity index (χ1v) is 20.1. The van der Waals surface area contributed by atoms with Crippen LogP contribution < -0.4 is 4.90 Å². The standard InChI is InChI=1S/C56H35NO2/c1-4-16-36(17-5-1)37-30-32-42(33-31-37)57(49-28-14-26-45-51-43-24-12-10-22-40(43)34-47(55(51)58-53(45)49)38-18-6-2-7-19-38)50-29-15-27-46-52-44-25-13-11-23-41(44)35-48(56(52)59-54(46)50)39-20-8-3-9-21-39/h1-35H. The number of hydrogen-bond donors (Lipinski definition) is 0. The Hall–Kier alpha value is -7.88. The van der Waals surface area contributed by atoms with E-state index in [4.69, 9.17) is 8.83 Å². The highest BCUT2D eigenvalue weighted by molar-refractivity contribution is 6.26. The van der Waals surface area contributed by atoms with Crippen LogP contribution in [-0.2, 0) is 0 Å². The molecule has 0 atom stereocenters. The molecule has 10 aromatic carbocycles. The number of furan rings is 2. The summed E-state index contributed by atoms with van der Waals surface area (Å²) in [5.41, 5.74) is 12.9. The molecule has 0 bridgehead atoms. The van der Waals surface area contributed by atoms with Crippen molar-refractivity contribution in [1.29, 1.82) is 0 Å². The van der Waals surface area contributed by atoms with Gasteiger partial charge in [-0.1, -0.05) is 176 Å². The van der Waals surface area contributed by atoms with E-state index in [9.17, 15) is 0 Å². The monoisotopic (exact) mass is 753 g/mol. The topological polar surface area (TPSA) is 29.5 Å². The van der Waals surface area contributed by atoms with Gasteiger partial charge in [0.25, 0.3) is 0 Å². The zero-order valence-electron chi connectivity index (χ0n) is 32.0. The molecule has 0 fully saturated rings. The first-order chi connectivity index (χ1) is 29.3. The molecule has 3 nitrogen and oxygen atoms in total. The number of rotatable bonds is 6. The summed E-state index contributed by atoms with van der Waals surface area (Å²) < 4.78 is 14.5. The molecule has 12 rings (SSSR count). The summed E-state index contributed by atoms with van der Waals surface area (Å²) in [5, 5.41) is 9.02. The molecule has 0 N–H and O–H groups in total. The fourth-order valence-corrected chi connectivity index (χ4v) is 9.12. The van der Waals surface area contributed by atoms with Crippen molar-refractivity contribution >= 4 is 82.5 Å². The summed E-state index contributed by atoms with van der Waals surface area (Å²) in [6.45, 7) is 0. The van der Waals surface area contributed by atoms with Gasteiger partial charge < -0.3 is 13.7 Å². The van der Waals surface area contributed by atoms with E-state index in [1.54, 1.807) is 0 Å². The van der Waals surface area contributed by atoms with Crippen molar-refractivity contribution < 1.29 is 8.83 Å². The Morgan fingerprint density at radius 3 is 1.15 bits per heavy atom. The summed E-state index contributed by atoms with van der Waals surface area (Å²) in [7, 11) is 0. The molecule has 59 heavy (non-hydrogen) atoms. The largest absolute Gasteiger partial charge is 0.453 e. The summed E-state index contributed by atoms with van der Waals surface area (Å²) in [6, 6.07) is 75.3. The quantitative estimate of drug-likeness (QED) is 0.169. The Morgan fingerprint density at radius 1 is 0.288 bits per heavy atom. The van der Waals surface area contributed by atoms with Crippen LogP contribution in [0.15, 0.2) is 221 Å². The summed E-state index contributed by atoms with van der Waals surface area (Å²) in [6.07, 6.45) is 0. The summed E-state index contributed by atoms with van der Waals surface area (Å²) in [5.74, 6) is 0. The number of anilines is 3. The van der Waals surface area contributed by atoms with Crippen molar-refractivity contribution in [2.75, 3.05) is 4.90 Å². The molecule has 2 aromatic heterocycles. The maximum absolute atomic E-state index is 7.23. The molecule has 0 saturated heterocycles. The van der Waals surface area contributed by atoms with Gasteiger partial charge >= 0.3 is 0 Å². The summed E-state index contributed by atoms with van der Waals surface area (Å²) >= 11 is 0. The third-order valence-electron chi connectivity index (χ3n) is 11.8. The minimum Gasteiger partial charge on any atom is -0.453 e. The fourth-order valence-electron chi connectivity index (χ4n) is 9.12. The second-order valence-electron chi connectivity index (χ2n) is 15.2. The fraction of sp³-hybridized carbons (Fsp3) is 0. The first-order valence-electron chi connectivity index (χ1n) is 20.1. The van der Waals surface area contributed by atoms with Crippen LogP contribution in [-0.4, -0.2) is 0 Å². The number of nitrogens with zero attached hydrogens (tertiary/aromatic N) is 1. The lowest BCUT2D eigenvalue weighted by molar-refractivity contribution is 0.667. The molecule has 276 valence electrons. The van der Waals surface area contributed by atoms with Crippen LogP contribution in [0.3, 0.4) is 0 Å². The van der Waals surface area contributed by atoms with Crippen molar-refractivity contribution in [3.05, 3.63) is 212 Å².